The van der Waals surface area contributed by atoms with E-state index in [4.69, 9.17) is 0 Å². The van der Waals surface area contributed by atoms with Crippen molar-refractivity contribution in [2.45, 2.75) is 31.1 Å². The van der Waals surface area contributed by atoms with Crippen LogP contribution in [0.1, 0.15) is 36.8 Å². The highest BCUT2D eigenvalue weighted by atomic mass is 32.2. The standard InChI is InChI=1S/C24H24N2O3S/c27-21-20(17-18-9-3-1-4-10-18)30-23(29)26(21)16-15-25-22(28)24(13-7-8-14-24)19-11-5-2-6-12-19/h1-6,9-12,17H,7-8,13-16H2,(H,25,28). The molecule has 2 aromatic carbocycles. The predicted octanol–water partition coefficient (Wildman–Crippen LogP) is 4.35. The molecule has 0 bridgehead atoms. The fourth-order valence-electron chi connectivity index (χ4n) is 4.23. The Labute approximate surface area is 180 Å². The lowest BCUT2D eigenvalue weighted by molar-refractivity contribution is -0.127. The van der Waals surface area contributed by atoms with Gasteiger partial charge in [0.05, 0.1) is 10.3 Å². The quantitative estimate of drug-likeness (QED) is 0.706. The number of benzene rings is 2. The van der Waals surface area contributed by atoms with Crippen LogP contribution >= 0.6 is 11.8 Å². The zero-order valence-electron chi connectivity index (χ0n) is 16.7. The van der Waals surface area contributed by atoms with Crippen molar-refractivity contribution in [1.82, 2.24) is 10.2 Å². The van der Waals surface area contributed by atoms with Gasteiger partial charge in [0.2, 0.25) is 5.91 Å². The van der Waals surface area contributed by atoms with Crippen molar-refractivity contribution in [3.8, 4) is 0 Å². The maximum absolute atomic E-state index is 13.1. The number of hydrogen-bond acceptors (Lipinski definition) is 4. The van der Waals surface area contributed by atoms with Crippen LogP contribution in [0.2, 0.25) is 0 Å². The molecule has 0 radical (unpaired) electrons. The first-order chi connectivity index (χ1) is 14.6. The second kappa shape index (κ2) is 8.88. The fourth-order valence-corrected chi connectivity index (χ4v) is 5.09. The van der Waals surface area contributed by atoms with Crippen LogP contribution < -0.4 is 5.32 Å². The molecular weight excluding hydrogens is 396 g/mol. The predicted molar refractivity (Wildman–Crippen MR) is 119 cm³/mol. The molecule has 2 fully saturated rings. The summed E-state index contributed by atoms with van der Waals surface area (Å²) in [5.41, 5.74) is 1.41. The van der Waals surface area contributed by atoms with Crippen molar-refractivity contribution in [3.05, 3.63) is 76.7 Å². The molecule has 0 spiro atoms. The van der Waals surface area contributed by atoms with Gasteiger partial charge in [0.1, 0.15) is 0 Å². The molecule has 6 heteroatoms. The van der Waals surface area contributed by atoms with Gasteiger partial charge in [0.25, 0.3) is 11.1 Å². The molecule has 4 rings (SSSR count). The van der Waals surface area contributed by atoms with E-state index in [1.807, 2.05) is 60.7 Å². The summed E-state index contributed by atoms with van der Waals surface area (Å²) < 4.78 is 0. The molecule has 2 aromatic rings. The van der Waals surface area contributed by atoms with E-state index in [1.54, 1.807) is 6.08 Å². The Morgan fingerprint density at radius 3 is 2.30 bits per heavy atom. The van der Waals surface area contributed by atoms with Crippen molar-refractivity contribution < 1.29 is 14.4 Å². The molecule has 2 aliphatic rings. The maximum Gasteiger partial charge on any atom is 0.293 e. The van der Waals surface area contributed by atoms with Gasteiger partial charge in [-0.25, -0.2) is 0 Å². The number of imide groups is 1. The Bertz CT molecular complexity index is 966. The smallest absolute Gasteiger partial charge is 0.293 e. The second-order valence-corrected chi connectivity index (χ2v) is 8.65. The lowest BCUT2D eigenvalue weighted by Crippen LogP contribution is -2.45. The number of carbonyl (C=O) groups is 3. The minimum atomic E-state index is -0.507. The van der Waals surface area contributed by atoms with Crippen LogP contribution in [0.3, 0.4) is 0 Å². The fraction of sp³-hybridized carbons (Fsp3) is 0.292. The van der Waals surface area contributed by atoms with E-state index >= 15 is 0 Å². The second-order valence-electron chi connectivity index (χ2n) is 7.66. The highest BCUT2D eigenvalue weighted by Gasteiger charge is 2.42. The Hall–Kier alpha value is -2.86. The van der Waals surface area contributed by atoms with E-state index in [-0.39, 0.29) is 30.1 Å². The number of thioether (sulfide) groups is 1. The molecule has 1 N–H and O–H groups in total. The minimum absolute atomic E-state index is 0.0157. The summed E-state index contributed by atoms with van der Waals surface area (Å²) in [5.74, 6) is -0.320. The van der Waals surface area contributed by atoms with Crippen LogP contribution in [0.5, 0.6) is 0 Å². The number of carbonyl (C=O) groups excluding carboxylic acids is 3. The number of amides is 3. The Balaban J connectivity index is 1.39. The molecule has 0 aromatic heterocycles. The summed E-state index contributed by atoms with van der Waals surface area (Å²) in [4.78, 5) is 39.7. The van der Waals surface area contributed by atoms with E-state index in [0.29, 0.717) is 4.91 Å². The Kier molecular flexibility index (Phi) is 6.04. The summed E-state index contributed by atoms with van der Waals surface area (Å²) in [5, 5.41) is 2.69. The molecule has 1 aliphatic heterocycles. The van der Waals surface area contributed by atoms with Crippen molar-refractivity contribution in [2.75, 3.05) is 13.1 Å². The van der Waals surface area contributed by atoms with E-state index in [1.165, 1.54) is 4.90 Å². The monoisotopic (exact) mass is 420 g/mol. The van der Waals surface area contributed by atoms with Gasteiger partial charge in [-0.2, -0.15) is 0 Å². The zero-order valence-corrected chi connectivity index (χ0v) is 17.5. The molecule has 1 saturated carbocycles. The summed E-state index contributed by atoms with van der Waals surface area (Å²) in [6.45, 7) is 0.428. The van der Waals surface area contributed by atoms with Crippen LogP contribution in [0.15, 0.2) is 65.6 Å². The van der Waals surface area contributed by atoms with Crippen molar-refractivity contribution in [1.29, 1.82) is 0 Å². The van der Waals surface area contributed by atoms with Gasteiger partial charge < -0.3 is 5.32 Å². The minimum Gasteiger partial charge on any atom is -0.354 e. The van der Waals surface area contributed by atoms with E-state index in [9.17, 15) is 14.4 Å². The molecule has 1 aliphatic carbocycles. The summed E-state index contributed by atoms with van der Waals surface area (Å²) >= 11 is 0.943. The normalized spacial score (nSPS) is 19.5. The first kappa shape index (κ1) is 20.4. The first-order valence-electron chi connectivity index (χ1n) is 10.2. The van der Waals surface area contributed by atoms with Crippen LogP contribution in [0.25, 0.3) is 6.08 Å². The average molecular weight is 421 g/mol. The lowest BCUT2D eigenvalue weighted by atomic mass is 9.78. The molecule has 1 saturated heterocycles. The molecule has 154 valence electrons. The molecule has 30 heavy (non-hydrogen) atoms. The molecule has 5 nitrogen and oxygen atoms in total. The number of nitrogens with zero attached hydrogens (tertiary/aromatic N) is 1. The SMILES string of the molecule is O=C1SC(=Cc2ccccc2)C(=O)N1CCNC(=O)C1(c2ccccc2)CCCC1. The van der Waals surface area contributed by atoms with Gasteiger partial charge in [-0.05, 0) is 41.8 Å². The number of rotatable bonds is 6. The van der Waals surface area contributed by atoms with Crippen molar-refractivity contribution in [2.24, 2.45) is 0 Å². The third-order valence-electron chi connectivity index (χ3n) is 5.81. The third-order valence-corrected chi connectivity index (χ3v) is 6.72. The van der Waals surface area contributed by atoms with Gasteiger partial charge in [-0.15, -0.1) is 0 Å². The summed E-state index contributed by atoms with van der Waals surface area (Å²) in [6.07, 6.45) is 5.42. The largest absolute Gasteiger partial charge is 0.354 e. The van der Waals surface area contributed by atoms with Gasteiger partial charge in [-0.1, -0.05) is 73.5 Å². The topological polar surface area (TPSA) is 66.5 Å². The molecule has 3 amide bonds. The molecule has 0 unspecified atom stereocenters. The summed E-state index contributed by atoms with van der Waals surface area (Å²) in [7, 11) is 0. The Morgan fingerprint density at radius 2 is 1.63 bits per heavy atom. The van der Waals surface area contributed by atoms with Gasteiger partial charge in [-0.3, -0.25) is 19.3 Å². The highest BCUT2D eigenvalue weighted by Crippen LogP contribution is 2.41. The molecular formula is C24H24N2O3S. The van der Waals surface area contributed by atoms with Gasteiger partial charge in [0, 0.05) is 13.1 Å². The van der Waals surface area contributed by atoms with E-state index in [0.717, 1.165) is 48.6 Å². The van der Waals surface area contributed by atoms with Crippen LogP contribution in [-0.4, -0.2) is 35.0 Å². The molecule has 0 atom stereocenters. The number of nitrogens with one attached hydrogen (secondary N) is 1. The van der Waals surface area contributed by atoms with Gasteiger partial charge in [0.15, 0.2) is 0 Å². The van der Waals surface area contributed by atoms with E-state index < -0.39 is 5.41 Å². The van der Waals surface area contributed by atoms with Crippen LogP contribution in [0, 0.1) is 0 Å². The molecule has 1 heterocycles. The van der Waals surface area contributed by atoms with Crippen LogP contribution in [0.4, 0.5) is 4.79 Å². The Morgan fingerprint density at radius 1 is 1.00 bits per heavy atom. The highest BCUT2D eigenvalue weighted by molar-refractivity contribution is 8.18. The average Bonchev–Trinajstić information content (AvgIpc) is 3.37. The lowest BCUT2D eigenvalue weighted by Gasteiger charge is -2.28. The van der Waals surface area contributed by atoms with Crippen molar-refractivity contribution >= 4 is 34.9 Å². The maximum atomic E-state index is 13.1. The van der Waals surface area contributed by atoms with E-state index in [2.05, 4.69) is 5.32 Å². The first-order valence-corrected chi connectivity index (χ1v) is 11.1. The van der Waals surface area contributed by atoms with Crippen molar-refractivity contribution in [3.63, 3.8) is 0 Å². The summed E-state index contributed by atoms with van der Waals surface area (Å²) in [6, 6.07) is 19.3. The van der Waals surface area contributed by atoms with Gasteiger partial charge >= 0.3 is 0 Å². The zero-order chi connectivity index (χ0) is 21.0. The third kappa shape index (κ3) is 4.05. The number of hydrogen-bond donors (Lipinski definition) is 1. The van der Waals surface area contributed by atoms with Crippen LogP contribution in [-0.2, 0) is 15.0 Å².